The largest absolute Gasteiger partial charge is 0.372 e. The Morgan fingerprint density at radius 2 is 1.63 bits per heavy atom. The third-order valence-corrected chi connectivity index (χ3v) is 5.31. The molecule has 0 spiro atoms. The molecule has 1 aromatic carbocycles. The number of nitrogens with zero attached hydrogens (tertiary/aromatic N) is 3. The molecule has 1 aliphatic rings. The first kappa shape index (κ1) is 19.5. The van der Waals surface area contributed by atoms with Gasteiger partial charge in [0, 0.05) is 42.3 Å². The molecule has 1 fully saturated rings. The Morgan fingerprint density at radius 3 is 2.26 bits per heavy atom. The topological polar surface area (TPSA) is 53.1 Å². The molecule has 0 radical (unpaired) electrons. The first-order chi connectivity index (χ1) is 13.2. The van der Waals surface area contributed by atoms with Crippen molar-refractivity contribution in [3.63, 3.8) is 0 Å². The predicted molar refractivity (Wildman–Crippen MR) is 115 cm³/mol. The zero-order chi connectivity index (χ0) is 19.1. The highest BCUT2D eigenvalue weighted by Gasteiger charge is 2.13. The fraction of sp³-hybridized carbons (Fsp3) is 0.545. The van der Waals surface area contributed by atoms with Gasteiger partial charge in [0.2, 0.25) is 5.95 Å². The van der Waals surface area contributed by atoms with Crippen LogP contribution in [0.15, 0.2) is 30.3 Å². The van der Waals surface area contributed by atoms with Crippen molar-refractivity contribution >= 4 is 23.1 Å². The summed E-state index contributed by atoms with van der Waals surface area (Å²) in [4.78, 5) is 11.6. The lowest BCUT2D eigenvalue weighted by Gasteiger charge is -2.21. The molecule has 2 aromatic rings. The molecule has 0 saturated heterocycles. The summed E-state index contributed by atoms with van der Waals surface area (Å²) in [5.74, 6) is 1.58. The summed E-state index contributed by atoms with van der Waals surface area (Å²) in [6.45, 7) is 8.41. The number of hydrogen-bond donors (Lipinski definition) is 2. The van der Waals surface area contributed by atoms with Gasteiger partial charge in [-0.25, -0.2) is 4.98 Å². The number of nitrogens with one attached hydrogen (secondary N) is 2. The van der Waals surface area contributed by atoms with Crippen LogP contribution in [0.3, 0.4) is 0 Å². The van der Waals surface area contributed by atoms with E-state index in [2.05, 4.69) is 58.6 Å². The molecule has 0 unspecified atom stereocenters. The van der Waals surface area contributed by atoms with Crippen LogP contribution in [-0.4, -0.2) is 29.1 Å². The third-order valence-electron chi connectivity index (χ3n) is 5.31. The maximum atomic E-state index is 4.70. The number of aromatic nitrogens is 2. The normalized spacial score (nSPS) is 15.2. The third kappa shape index (κ3) is 5.59. The summed E-state index contributed by atoms with van der Waals surface area (Å²) in [6, 6.07) is 11.1. The van der Waals surface area contributed by atoms with Gasteiger partial charge >= 0.3 is 0 Å². The summed E-state index contributed by atoms with van der Waals surface area (Å²) in [7, 11) is 0. The van der Waals surface area contributed by atoms with Crippen LogP contribution in [0.5, 0.6) is 0 Å². The van der Waals surface area contributed by atoms with Crippen molar-refractivity contribution in [2.45, 2.75) is 65.3 Å². The van der Waals surface area contributed by atoms with E-state index in [9.17, 15) is 0 Å². The maximum absolute atomic E-state index is 4.70. The van der Waals surface area contributed by atoms with E-state index in [-0.39, 0.29) is 0 Å². The first-order valence-electron chi connectivity index (χ1n) is 10.4. The van der Waals surface area contributed by atoms with Crippen LogP contribution in [0.25, 0.3) is 0 Å². The van der Waals surface area contributed by atoms with Gasteiger partial charge in [-0.2, -0.15) is 4.98 Å². The van der Waals surface area contributed by atoms with Crippen molar-refractivity contribution in [1.82, 2.24) is 9.97 Å². The number of rotatable bonds is 7. The smallest absolute Gasteiger partial charge is 0.229 e. The first-order valence-corrected chi connectivity index (χ1v) is 10.4. The number of benzene rings is 1. The lowest BCUT2D eigenvalue weighted by Crippen LogP contribution is -2.21. The monoisotopic (exact) mass is 367 g/mol. The van der Waals surface area contributed by atoms with Gasteiger partial charge in [0.1, 0.15) is 5.82 Å². The van der Waals surface area contributed by atoms with Crippen molar-refractivity contribution in [1.29, 1.82) is 0 Å². The fourth-order valence-corrected chi connectivity index (χ4v) is 3.80. The van der Waals surface area contributed by atoms with E-state index in [1.54, 1.807) is 0 Å². The maximum Gasteiger partial charge on any atom is 0.229 e. The minimum atomic E-state index is 0.531. The van der Waals surface area contributed by atoms with Crippen molar-refractivity contribution in [3.05, 3.63) is 36.0 Å². The lowest BCUT2D eigenvalue weighted by molar-refractivity contribution is 0.617. The summed E-state index contributed by atoms with van der Waals surface area (Å²) >= 11 is 0. The number of anilines is 4. The molecule has 1 heterocycles. The van der Waals surface area contributed by atoms with Gasteiger partial charge in [0.25, 0.3) is 0 Å². The van der Waals surface area contributed by atoms with E-state index in [1.165, 1.54) is 44.2 Å². The van der Waals surface area contributed by atoms with Crippen molar-refractivity contribution in [2.24, 2.45) is 0 Å². The molecular weight excluding hydrogens is 334 g/mol. The summed E-state index contributed by atoms with van der Waals surface area (Å²) in [5, 5.41) is 6.99. The Balaban J connectivity index is 1.68. The minimum Gasteiger partial charge on any atom is -0.372 e. The van der Waals surface area contributed by atoms with Gasteiger partial charge in [0.15, 0.2) is 0 Å². The van der Waals surface area contributed by atoms with Crippen LogP contribution in [0.4, 0.5) is 23.1 Å². The standard InChI is InChI=1S/C22H33N5/c1-4-27(5-2)20-14-12-19(13-15-20)25-22-23-17(3)16-21(26-22)24-18-10-8-6-7-9-11-18/h12-16,18H,4-11H2,1-3H3,(H2,23,24,25,26). The predicted octanol–water partition coefficient (Wildman–Crippen LogP) is 5.51. The van der Waals surface area contributed by atoms with Gasteiger partial charge in [-0.15, -0.1) is 0 Å². The molecule has 5 nitrogen and oxygen atoms in total. The molecule has 0 aliphatic heterocycles. The highest BCUT2D eigenvalue weighted by molar-refractivity contribution is 5.60. The summed E-state index contributed by atoms with van der Waals surface area (Å²) in [5.41, 5.74) is 3.23. The van der Waals surface area contributed by atoms with Gasteiger partial charge in [0.05, 0.1) is 0 Å². The van der Waals surface area contributed by atoms with E-state index in [0.29, 0.717) is 12.0 Å². The Kier molecular flexibility index (Phi) is 6.91. The lowest BCUT2D eigenvalue weighted by atomic mass is 10.1. The van der Waals surface area contributed by atoms with Gasteiger partial charge < -0.3 is 15.5 Å². The highest BCUT2D eigenvalue weighted by atomic mass is 15.2. The second-order valence-electron chi connectivity index (χ2n) is 7.40. The van der Waals surface area contributed by atoms with Crippen LogP contribution in [0, 0.1) is 6.92 Å². The van der Waals surface area contributed by atoms with Crippen LogP contribution >= 0.6 is 0 Å². The SMILES string of the molecule is CCN(CC)c1ccc(Nc2nc(C)cc(NC3CCCCCC3)n2)cc1. The second kappa shape index (κ2) is 9.58. The Morgan fingerprint density at radius 1 is 0.963 bits per heavy atom. The Labute approximate surface area is 163 Å². The van der Waals surface area contributed by atoms with E-state index < -0.39 is 0 Å². The van der Waals surface area contributed by atoms with E-state index in [0.717, 1.165) is 30.3 Å². The number of hydrogen-bond acceptors (Lipinski definition) is 5. The molecule has 1 saturated carbocycles. The summed E-state index contributed by atoms with van der Waals surface area (Å²) < 4.78 is 0. The Bertz CT molecular complexity index is 701. The zero-order valence-electron chi connectivity index (χ0n) is 17.0. The van der Waals surface area contributed by atoms with Crippen LogP contribution in [0.2, 0.25) is 0 Å². The molecule has 2 N–H and O–H groups in total. The molecule has 146 valence electrons. The quantitative estimate of drug-likeness (QED) is 0.632. The van der Waals surface area contributed by atoms with Crippen LogP contribution in [-0.2, 0) is 0 Å². The summed E-state index contributed by atoms with van der Waals surface area (Å²) in [6.07, 6.45) is 7.81. The van der Waals surface area contributed by atoms with E-state index in [1.807, 2.05) is 13.0 Å². The van der Waals surface area contributed by atoms with Crippen molar-refractivity contribution < 1.29 is 0 Å². The number of aryl methyl sites for hydroxylation is 1. The fourth-order valence-electron chi connectivity index (χ4n) is 3.80. The van der Waals surface area contributed by atoms with Gasteiger partial charge in [-0.3, -0.25) is 0 Å². The second-order valence-corrected chi connectivity index (χ2v) is 7.40. The van der Waals surface area contributed by atoms with Crippen molar-refractivity contribution in [3.8, 4) is 0 Å². The highest BCUT2D eigenvalue weighted by Crippen LogP contribution is 2.23. The average molecular weight is 368 g/mol. The Hall–Kier alpha value is -2.30. The molecule has 1 aromatic heterocycles. The molecule has 5 heteroatoms. The minimum absolute atomic E-state index is 0.531. The van der Waals surface area contributed by atoms with Crippen LogP contribution < -0.4 is 15.5 Å². The van der Waals surface area contributed by atoms with Gasteiger partial charge in [-0.05, 0) is 57.9 Å². The van der Waals surface area contributed by atoms with Gasteiger partial charge in [-0.1, -0.05) is 25.7 Å². The van der Waals surface area contributed by atoms with E-state index in [4.69, 9.17) is 4.98 Å². The zero-order valence-corrected chi connectivity index (χ0v) is 17.0. The van der Waals surface area contributed by atoms with Crippen LogP contribution in [0.1, 0.15) is 58.1 Å². The molecular formula is C22H33N5. The van der Waals surface area contributed by atoms with Crippen molar-refractivity contribution in [2.75, 3.05) is 28.6 Å². The molecule has 0 amide bonds. The van der Waals surface area contributed by atoms with E-state index >= 15 is 0 Å². The molecule has 0 bridgehead atoms. The molecule has 0 atom stereocenters. The molecule has 27 heavy (non-hydrogen) atoms. The molecule has 3 rings (SSSR count). The average Bonchev–Trinajstić information content (AvgIpc) is 2.92. The molecule has 1 aliphatic carbocycles.